The van der Waals surface area contributed by atoms with Crippen molar-refractivity contribution in [3.05, 3.63) is 0 Å². The molecule has 7 heteroatoms. The second-order valence-corrected chi connectivity index (χ2v) is 9.88. The smallest absolute Gasteiger partial charge is 0.410 e. The largest absolute Gasteiger partial charge is 0.444 e. The second-order valence-electron chi connectivity index (χ2n) is 9.88. The minimum atomic E-state index is -0.699. The Bertz CT molecular complexity index is 601. The molecule has 1 heterocycles. The first-order valence-electron chi connectivity index (χ1n) is 11.2. The summed E-state index contributed by atoms with van der Waals surface area (Å²) in [6.07, 6.45) is 4.53. The molecule has 1 aliphatic heterocycles. The minimum absolute atomic E-state index is 0.0406. The summed E-state index contributed by atoms with van der Waals surface area (Å²) in [5.41, 5.74) is -1.25. The molecule has 1 amide bonds. The van der Waals surface area contributed by atoms with Gasteiger partial charge in [-0.25, -0.2) is 4.79 Å². The third-order valence-corrected chi connectivity index (χ3v) is 6.40. The highest BCUT2D eigenvalue weighted by atomic mass is 16.7. The van der Waals surface area contributed by atoms with Crippen molar-refractivity contribution < 1.29 is 28.6 Å². The van der Waals surface area contributed by atoms with Gasteiger partial charge in [-0.3, -0.25) is 4.79 Å². The van der Waals surface area contributed by atoms with Crippen LogP contribution >= 0.6 is 0 Å². The number of Topliss-reactive ketones (excluding diaryl/α,β-unsaturated/α-hetero) is 1. The molecule has 1 spiro atoms. The quantitative estimate of drug-likeness (QED) is 0.489. The van der Waals surface area contributed by atoms with Gasteiger partial charge in [-0.1, -0.05) is 6.92 Å². The Morgan fingerprint density at radius 3 is 2.57 bits per heavy atom. The van der Waals surface area contributed by atoms with E-state index in [9.17, 15) is 14.4 Å². The molecule has 0 aromatic heterocycles. The Morgan fingerprint density at radius 1 is 1.23 bits per heavy atom. The topological polar surface area (TPSA) is 82.1 Å². The van der Waals surface area contributed by atoms with Gasteiger partial charge < -0.3 is 23.9 Å². The maximum Gasteiger partial charge on any atom is 0.410 e. The molecule has 4 unspecified atom stereocenters. The van der Waals surface area contributed by atoms with E-state index in [0.717, 1.165) is 19.1 Å². The monoisotopic (exact) mass is 425 g/mol. The Kier molecular flexibility index (Phi) is 8.85. The first kappa shape index (κ1) is 24.8. The fourth-order valence-corrected chi connectivity index (χ4v) is 5.18. The van der Waals surface area contributed by atoms with E-state index in [-0.39, 0.29) is 30.7 Å². The molecular weight excluding hydrogens is 386 g/mol. The molecule has 0 N–H and O–H groups in total. The van der Waals surface area contributed by atoms with Crippen molar-refractivity contribution in [3.8, 4) is 0 Å². The van der Waals surface area contributed by atoms with Crippen LogP contribution in [-0.4, -0.2) is 61.8 Å². The standard InChI is InChI=1S/C23H39NO6/c1-17-14-18(9-13-25)23(20(15-17)29-16-28-5)10-7-12-24(11-6-8-19(23)26)21(27)30-22(2,3)4/h13,17-18,20H,6-12,14-16H2,1-5H3. The van der Waals surface area contributed by atoms with E-state index in [1.165, 1.54) is 0 Å². The predicted octanol–water partition coefficient (Wildman–Crippen LogP) is 3.98. The van der Waals surface area contributed by atoms with Gasteiger partial charge in [0, 0.05) is 33.0 Å². The highest BCUT2D eigenvalue weighted by molar-refractivity contribution is 5.86. The molecule has 2 rings (SSSR count). The van der Waals surface area contributed by atoms with Gasteiger partial charge in [-0.2, -0.15) is 0 Å². The highest BCUT2D eigenvalue weighted by Crippen LogP contribution is 2.51. The lowest BCUT2D eigenvalue weighted by atomic mass is 9.56. The van der Waals surface area contributed by atoms with Gasteiger partial charge in [0.2, 0.25) is 0 Å². The number of aldehydes is 1. The molecule has 7 nitrogen and oxygen atoms in total. The molecule has 2 aliphatic rings. The molecule has 4 atom stereocenters. The number of amides is 1. The van der Waals surface area contributed by atoms with E-state index in [2.05, 4.69) is 6.92 Å². The van der Waals surface area contributed by atoms with E-state index < -0.39 is 11.0 Å². The highest BCUT2D eigenvalue weighted by Gasteiger charge is 2.54. The van der Waals surface area contributed by atoms with Gasteiger partial charge in [-0.05, 0) is 64.7 Å². The predicted molar refractivity (Wildman–Crippen MR) is 113 cm³/mol. The van der Waals surface area contributed by atoms with Gasteiger partial charge in [0.1, 0.15) is 24.5 Å². The molecular formula is C23H39NO6. The molecule has 0 aromatic rings. The van der Waals surface area contributed by atoms with Crippen molar-refractivity contribution >= 4 is 18.2 Å². The number of hydrogen-bond acceptors (Lipinski definition) is 6. The van der Waals surface area contributed by atoms with Crippen molar-refractivity contribution in [3.63, 3.8) is 0 Å². The number of methoxy groups -OCH3 is 1. The molecule has 1 aliphatic carbocycles. The maximum atomic E-state index is 13.6. The summed E-state index contributed by atoms with van der Waals surface area (Å²) in [6.45, 7) is 8.86. The lowest BCUT2D eigenvalue weighted by molar-refractivity contribution is -0.176. The molecule has 172 valence electrons. The van der Waals surface area contributed by atoms with E-state index in [1.54, 1.807) is 12.0 Å². The SMILES string of the molecule is COCOC1CC(C)CC(CC=O)C12CCCN(C(=O)OC(C)(C)C)CCCC2=O. The number of nitrogens with zero attached hydrogens (tertiary/aromatic N) is 1. The fraction of sp³-hybridized carbons (Fsp3) is 0.870. The fourth-order valence-electron chi connectivity index (χ4n) is 5.18. The summed E-state index contributed by atoms with van der Waals surface area (Å²) >= 11 is 0. The number of rotatable bonds is 5. The summed E-state index contributed by atoms with van der Waals surface area (Å²) < 4.78 is 16.7. The molecule has 30 heavy (non-hydrogen) atoms. The van der Waals surface area contributed by atoms with E-state index >= 15 is 0 Å². The number of ketones is 1. The van der Waals surface area contributed by atoms with Crippen molar-refractivity contribution in [2.45, 2.75) is 84.3 Å². The summed E-state index contributed by atoms with van der Waals surface area (Å²) in [4.78, 5) is 39.4. The first-order valence-corrected chi connectivity index (χ1v) is 11.2. The number of ether oxygens (including phenoxy) is 3. The second kappa shape index (κ2) is 10.7. The lowest BCUT2D eigenvalue weighted by Gasteiger charge is -2.50. The van der Waals surface area contributed by atoms with Crippen LogP contribution in [0.4, 0.5) is 4.79 Å². The molecule has 1 saturated carbocycles. The molecule has 0 radical (unpaired) electrons. The molecule has 0 bridgehead atoms. The average molecular weight is 426 g/mol. The Morgan fingerprint density at radius 2 is 1.93 bits per heavy atom. The third-order valence-electron chi connectivity index (χ3n) is 6.40. The zero-order valence-corrected chi connectivity index (χ0v) is 19.3. The average Bonchev–Trinajstić information content (AvgIpc) is 2.72. The van der Waals surface area contributed by atoms with Crippen LogP contribution in [0.5, 0.6) is 0 Å². The van der Waals surface area contributed by atoms with Crippen LogP contribution in [0, 0.1) is 17.3 Å². The lowest BCUT2D eigenvalue weighted by Crippen LogP contribution is -2.54. The van der Waals surface area contributed by atoms with Gasteiger partial charge in [-0.15, -0.1) is 0 Å². The molecule has 0 aromatic carbocycles. The van der Waals surface area contributed by atoms with Crippen molar-refractivity contribution in [2.24, 2.45) is 17.3 Å². The van der Waals surface area contributed by atoms with Crippen LogP contribution in [0.25, 0.3) is 0 Å². The van der Waals surface area contributed by atoms with E-state index in [0.29, 0.717) is 51.1 Å². The Balaban J connectivity index is 2.27. The summed E-state index contributed by atoms with van der Waals surface area (Å²) in [7, 11) is 1.57. The van der Waals surface area contributed by atoms with E-state index in [1.807, 2.05) is 20.8 Å². The maximum absolute atomic E-state index is 13.6. The number of carbonyl (C=O) groups is 3. The minimum Gasteiger partial charge on any atom is -0.444 e. The molecule has 2 fully saturated rings. The zero-order valence-electron chi connectivity index (χ0n) is 19.3. The van der Waals surface area contributed by atoms with Crippen molar-refractivity contribution in [1.29, 1.82) is 0 Å². The van der Waals surface area contributed by atoms with Gasteiger partial charge >= 0.3 is 6.09 Å². The summed E-state index contributed by atoms with van der Waals surface area (Å²) in [5.74, 6) is 0.496. The van der Waals surface area contributed by atoms with Crippen LogP contribution in [0.1, 0.15) is 72.6 Å². The third kappa shape index (κ3) is 6.03. The van der Waals surface area contributed by atoms with Crippen molar-refractivity contribution in [1.82, 2.24) is 4.90 Å². The van der Waals surface area contributed by atoms with Crippen LogP contribution in [0.2, 0.25) is 0 Å². The Hall–Kier alpha value is -1.47. The van der Waals surface area contributed by atoms with Crippen molar-refractivity contribution in [2.75, 3.05) is 27.0 Å². The summed E-state index contributed by atoms with van der Waals surface area (Å²) in [6, 6.07) is 0. The van der Waals surface area contributed by atoms with Gasteiger partial charge in [0.05, 0.1) is 11.5 Å². The number of carbonyl (C=O) groups excluding carboxylic acids is 3. The van der Waals surface area contributed by atoms with Gasteiger partial charge in [0.15, 0.2) is 0 Å². The first-order chi connectivity index (χ1) is 14.1. The number of hydrogen-bond donors (Lipinski definition) is 0. The summed E-state index contributed by atoms with van der Waals surface area (Å²) in [5, 5.41) is 0. The zero-order chi connectivity index (χ0) is 22.4. The van der Waals surface area contributed by atoms with Crippen LogP contribution in [0.15, 0.2) is 0 Å². The normalized spacial score (nSPS) is 31.0. The van der Waals surface area contributed by atoms with Gasteiger partial charge in [0.25, 0.3) is 0 Å². The molecule has 1 saturated heterocycles. The van der Waals surface area contributed by atoms with E-state index in [4.69, 9.17) is 14.2 Å². The van der Waals surface area contributed by atoms with Crippen LogP contribution in [-0.2, 0) is 23.8 Å². The van der Waals surface area contributed by atoms with Crippen LogP contribution < -0.4 is 0 Å². The Labute approximate surface area is 180 Å². The van der Waals surface area contributed by atoms with Crippen LogP contribution in [0.3, 0.4) is 0 Å².